The molecule has 0 fully saturated rings. The maximum atomic E-state index is 2.47. The summed E-state index contributed by atoms with van der Waals surface area (Å²) < 4.78 is 0. The summed E-state index contributed by atoms with van der Waals surface area (Å²) in [5.74, 6) is 0. The van der Waals surface area contributed by atoms with Crippen molar-refractivity contribution < 1.29 is 0 Å². The highest BCUT2D eigenvalue weighted by Crippen LogP contribution is 2.42. The predicted octanol–water partition coefficient (Wildman–Crippen LogP) is 7.39. The quantitative estimate of drug-likeness (QED) is 0.338. The van der Waals surface area contributed by atoms with Gasteiger partial charge in [0.2, 0.25) is 0 Å². The molecule has 0 radical (unpaired) electrons. The first-order valence-electron chi connectivity index (χ1n) is 11.0. The topological polar surface area (TPSA) is 0 Å². The fourth-order valence-corrected chi connectivity index (χ4v) is 5.18. The van der Waals surface area contributed by atoms with E-state index in [2.05, 4.69) is 97.1 Å². The van der Waals surface area contributed by atoms with Crippen LogP contribution in [0.1, 0.15) is 33.4 Å². The molecule has 6 rings (SSSR count). The molecule has 0 aliphatic heterocycles. The summed E-state index contributed by atoms with van der Waals surface area (Å²) in [5.41, 5.74) is 14.1. The van der Waals surface area contributed by atoms with Crippen LogP contribution in [-0.2, 0) is 25.7 Å². The first-order valence-corrected chi connectivity index (χ1v) is 11.0. The minimum absolute atomic E-state index is 1.06. The number of fused-ring (bicyclic) bond motifs is 2. The summed E-state index contributed by atoms with van der Waals surface area (Å²) in [7, 11) is 0. The molecule has 144 valence electrons. The fraction of sp³-hybridized carbons (Fsp3) is 0.133. The van der Waals surface area contributed by atoms with Gasteiger partial charge in [0.15, 0.2) is 0 Å². The van der Waals surface area contributed by atoms with Crippen LogP contribution in [0.4, 0.5) is 0 Å². The lowest BCUT2D eigenvalue weighted by molar-refractivity contribution is 0.918. The molecule has 4 bridgehead atoms. The average Bonchev–Trinajstić information content (AvgIpc) is 2.79. The van der Waals surface area contributed by atoms with Crippen LogP contribution >= 0.6 is 0 Å². The maximum absolute atomic E-state index is 2.47. The zero-order chi connectivity index (χ0) is 19.9. The van der Waals surface area contributed by atoms with E-state index in [4.69, 9.17) is 0 Å². The number of rotatable bonds is 2. The molecule has 0 saturated carbocycles. The Labute approximate surface area is 178 Å². The first kappa shape index (κ1) is 17.5. The summed E-state index contributed by atoms with van der Waals surface area (Å²) in [4.78, 5) is 0. The number of hydrogen-bond acceptors (Lipinski definition) is 0. The van der Waals surface area contributed by atoms with Gasteiger partial charge in [0.1, 0.15) is 0 Å². The van der Waals surface area contributed by atoms with Gasteiger partial charge in [-0.3, -0.25) is 0 Å². The highest BCUT2D eigenvalue weighted by molar-refractivity contribution is 5.92. The molecule has 0 N–H and O–H groups in total. The van der Waals surface area contributed by atoms with Gasteiger partial charge in [0.05, 0.1) is 0 Å². The van der Waals surface area contributed by atoms with Gasteiger partial charge in [-0.1, -0.05) is 97.1 Å². The monoisotopic (exact) mass is 384 g/mol. The Morgan fingerprint density at radius 3 is 1.90 bits per heavy atom. The molecule has 30 heavy (non-hydrogen) atoms. The molecular weight excluding hydrogens is 360 g/mol. The smallest absolute Gasteiger partial charge is 0.00644 e. The molecule has 0 heterocycles. The van der Waals surface area contributed by atoms with Crippen molar-refractivity contribution in [1.29, 1.82) is 0 Å². The summed E-state index contributed by atoms with van der Waals surface area (Å²) in [5, 5.41) is 0. The van der Waals surface area contributed by atoms with E-state index in [1.54, 1.807) is 0 Å². The van der Waals surface area contributed by atoms with E-state index in [-0.39, 0.29) is 0 Å². The molecule has 2 aliphatic rings. The molecule has 2 aliphatic carbocycles. The molecule has 0 spiro atoms. The van der Waals surface area contributed by atoms with E-state index in [1.165, 1.54) is 55.6 Å². The van der Waals surface area contributed by atoms with Crippen LogP contribution in [0.25, 0.3) is 34.4 Å². The highest BCUT2D eigenvalue weighted by atomic mass is 14.3. The zero-order valence-corrected chi connectivity index (χ0v) is 17.1. The maximum Gasteiger partial charge on any atom is -0.00644 e. The van der Waals surface area contributed by atoms with Crippen LogP contribution in [0, 0.1) is 0 Å². The van der Waals surface area contributed by atoms with Crippen molar-refractivity contribution in [3.8, 4) is 22.3 Å². The Hall–Kier alpha value is -3.38. The van der Waals surface area contributed by atoms with Gasteiger partial charge < -0.3 is 0 Å². The van der Waals surface area contributed by atoms with Crippen LogP contribution in [0.3, 0.4) is 0 Å². The Kier molecular flexibility index (Phi) is 4.16. The van der Waals surface area contributed by atoms with Gasteiger partial charge in [-0.15, -0.1) is 0 Å². The molecule has 0 heteroatoms. The molecule has 0 unspecified atom stereocenters. The summed E-state index contributed by atoms with van der Waals surface area (Å²) in [6, 6.07) is 31.6. The minimum Gasteiger partial charge on any atom is -0.0622 e. The number of hydrogen-bond donors (Lipinski definition) is 0. The second-order valence-electron chi connectivity index (χ2n) is 8.45. The molecule has 0 amide bonds. The molecule has 4 aromatic carbocycles. The van der Waals surface area contributed by atoms with Gasteiger partial charge in [0, 0.05) is 0 Å². The van der Waals surface area contributed by atoms with E-state index in [0.717, 1.165) is 25.7 Å². The van der Waals surface area contributed by atoms with Crippen LogP contribution in [-0.4, -0.2) is 0 Å². The Balaban J connectivity index is 1.72. The Bertz CT molecular complexity index is 1260. The summed E-state index contributed by atoms with van der Waals surface area (Å²) >= 11 is 0. The van der Waals surface area contributed by atoms with Crippen LogP contribution in [0.15, 0.2) is 84.9 Å². The summed E-state index contributed by atoms with van der Waals surface area (Å²) in [6.45, 7) is 0. The lowest BCUT2D eigenvalue weighted by atomic mass is 9.79. The molecule has 0 nitrogen and oxygen atoms in total. The van der Waals surface area contributed by atoms with Gasteiger partial charge >= 0.3 is 0 Å². The van der Waals surface area contributed by atoms with Gasteiger partial charge in [-0.2, -0.15) is 0 Å². The highest BCUT2D eigenvalue weighted by Gasteiger charge is 2.22. The van der Waals surface area contributed by atoms with Crippen molar-refractivity contribution in [3.63, 3.8) is 0 Å². The zero-order valence-electron chi connectivity index (χ0n) is 17.1. The third-order valence-corrected chi connectivity index (χ3v) is 6.66. The van der Waals surface area contributed by atoms with Crippen molar-refractivity contribution >= 4 is 12.2 Å². The third kappa shape index (κ3) is 2.92. The van der Waals surface area contributed by atoms with Gasteiger partial charge in [-0.05, 0) is 81.3 Å². The molecule has 0 atom stereocenters. The number of aryl methyl sites for hydroxylation is 3. The second-order valence-corrected chi connectivity index (χ2v) is 8.45. The number of benzene rings is 4. The SMILES string of the molecule is C1=C\c2cc3c(-c4ccccc4)c(-c4ccccc4)c2CCc2ccc(cc2/1)CC3. The molecule has 0 aromatic heterocycles. The van der Waals surface area contributed by atoms with E-state index in [0.29, 0.717) is 0 Å². The van der Waals surface area contributed by atoms with Crippen molar-refractivity contribution in [2.45, 2.75) is 25.7 Å². The van der Waals surface area contributed by atoms with E-state index >= 15 is 0 Å². The van der Waals surface area contributed by atoms with Crippen molar-refractivity contribution in [2.75, 3.05) is 0 Å². The predicted molar refractivity (Wildman–Crippen MR) is 128 cm³/mol. The fourth-order valence-electron chi connectivity index (χ4n) is 5.18. The standard InChI is InChI=1S/C30H24/c1-3-7-23(8-4-1)29-27-14-12-21-11-13-22-17-18-28(26(20-27)16-15-25(22)19-21)30(29)24-9-5-2-6-10-24/h1-11,13,15-16,19-20H,12,14,17-18H2/b16-15-. The Morgan fingerprint density at radius 2 is 1.13 bits per heavy atom. The molecule has 4 aromatic rings. The van der Waals surface area contributed by atoms with Crippen molar-refractivity contribution in [1.82, 2.24) is 0 Å². The van der Waals surface area contributed by atoms with E-state index in [1.807, 2.05) is 0 Å². The summed E-state index contributed by atoms with van der Waals surface area (Å²) in [6.07, 6.45) is 8.98. The lowest BCUT2D eigenvalue weighted by Crippen LogP contribution is -2.08. The molecule has 0 saturated heterocycles. The first-order chi connectivity index (χ1) is 14.9. The van der Waals surface area contributed by atoms with Crippen molar-refractivity contribution in [3.05, 3.63) is 118 Å². The van der Waals surface area contributed by atoms with E-state index < -0.39 is 0 Å². The molecular formula is C30H24. The van der Waals surface area contributed by atoms with Gasteiger partial charge in [-0.25, -0.2) is 0 Å². The minimum atomic E-state index is 1.06. The Morgan fingerprint density at radius 1 is 0.467 bits per heavy atom. The van der Waals surface area contributed by atoms with E-state index in [9.17, 15) is 0 Å². The van der Waals surface area contributed by atoms with Gasteiger partial charge in [0.25, 0.3) is 0 Å². The average molecular weight is 385 g/mol. The lowest BCUT2D eigenvalue weighted by Gasteiger charge is -2.25. The largest absolute Gasteiger partial charge is 0.0622 e. The third-order valence-electron chi connectivity index (χ3n) is 6.66. The van der Waals surface area contributed by atoms with Crippen LogP contribution in [0.5, 0.6) is 0 Å². The van der Waals surface area contributed by atoms with Crippen molar-refractivity contribution in [2.24, 2.45) is 0 Å². The normalized spacial score (nSPS) is 15.1. The second kappa shape index (κ2) is 7.15. The van der Waals surface area contributed by atoms with Crippen LogP contribution in [0.2, 0.25) is 0 Å². The van der Waals surface area contributed by atoms with Crippen LogP contribution < -0.4 is 0 Å².